The third kappa shape index (κ3) is 7.14. The predicted octanol–water partition coefficient (Wildman–Crippen LogP) is 10.6. The number of nitrogens with zero attached hydrogens (tertiary/aromatic N) is 5. The Balaban J connectivity index is 0.000000200. The molecule has 0 amide bonds. The number of para-hydroxylation sites is 2. The normalized spacial score (nSPS) is 11.6. The fourth-order valence-electron chi connectivity index (χ4n) is 6.99. The van der Waals surface area contributed by atoms with Gasteiger partial charge in [0.05, 0.1) is 22.4 Å². The first-order valence-corrected chi connectivity index (χ1v) is 24.8. The van der Waals surface area contributed by atoms with Crippen molar-refractivity contribution in [2.45, 2.75) is 64.7 Å². The van der Waals surface area contributed by atoms with Gasteiger partial charge < -0.3 is 14.0 Å². The topological polar surface area (TPSA) is 69.6 Å². The van der Waals surface area contributed by atoms with Crippen LogP contribution in [0.4, 0.5) is 0 Å². The van der Waals surface area contributed by atoms with Crippen molar-refractivity contribution < 1.29 is 24.5 Å². The van der Waals surface area contributed by atoms with Crippen molar-refractivity contribution >= 4 is 50.8 Å². The number of pyridine rings is 3. The number of aromatic nitrogens is 5. The summed E-state index contributed by atoms with van der Waals surface area (Å²) in [6.45, 7) is 12.9. The second-order valence-corrected chi connectivity index (χ2v) is 25.3. The van der Waals surface area contributed by atoms with Crippen LogP contribution in [0.25, 0.3) is 61.4 Å². The molecular weight excluding hydrogens is 879 g/mol. The molecule has 1 radical (unpaired) electrons. The van der Waals surface area contributed by atoms with Crippen LogP contribution in [-0.4, -0.2) is 37.8 Å². The van der Waals surface area contributed by atoms with E-state index in [1.54, 1.807) is 6.20 Å². The van der Waals surface area contributed by atoms with Crippen molar-refractivity contribution in [3.05, 3.63) is 131 Å². The van der Waals surface area contributed by atoms with E-state index in [4.69, 9.17) is 9.40 Å². The van der Waals surface area contributed by atoms with E-state index in [1.165, 1.54) is 26.6 Å². The zero-order chi connectivity index (χ0) is 36.0. The van der Waals surface area contributed by atoms with Gasteiger partial charge in [-0.05, 0) is 86.4 Å². The van der Waals surface area contributed by atoms with E-state index in [0.29, 0.717) is 17.2 Å². The molecule has 0 bridgehead atoms. The van der Waals surface area contributed by atoms with E-state index in [0.717, 1.165) is 55.8 Å². The smallest absolute Gasteiger partial charge is 0.216 e. The monoisotopic (exact) mass is 924 g/mol. The van der Waals surface area contributed by atoms with Crippen LogP contribution in [0.2, 0.25) is 17.3 Å². The van der Waals surface area contributed by atoms with Crippen LogP contribution in [0.1, 0.15) is 47.7 Å². The molecule has 52 heavy (non-hydrogen) atoms. The number of rotatable bonds is 5. The molecule has 0 atom stereocenters. The molecule has 0 aliphatic heterocycles. The van der Waals surface area contributed by atoms with Crippen molar-refractivity contribution in [2.75, 3.05) is 0 Å². The number of imidazole rings is 1. The molecule has 0 fully saturated rings. The first kappa shape index (κ1) is 37.3. The molecule has 0 spiro atoms. The Morgan fingerprint density at radius 1 is 0.808 bits per heavy atom. The van der Waals surface area contributed by atoms with Gasteiger partial charge in [0.25, 0.3) is 0 Å². The first-order chi connectivity index (χ1) is 24.4. The number of benzene rings is 3. The Morgan fingerprint density at radius 3 is 2.23 bits per heavy atom. The van der Waals surface area contributed by atoms with Gasteiger partial charge in [-0.15, -0.1) is 0 Å². The van der Waals surface area contributed by atoms with Crippen LogP contribution in [0.3, 0.4) is 0 Å². The van der Waals surface area contributed by atoms with E-state index >= 15 is 0 Å². The summed E-state index contributed by atoms with van der Waals surface area (Å²) in [5.41, 5.74) is 13.2. The molecule has 0 aliphatic carbocycles. The SMILES string of the molecule is CC(C)c1cc(-c2[c-]cccc2)nc[c]1[Ge]([CH3])([CH3])[CH3].Cc1cc(C)c(-n2c(-c3[c-]ncc4c3oc3nc(C)ccc34)nc3ccccc32)c(C)c1.[Ir]. The molecule has 0 saturated carbocycles. The van der Waals surface area contributed by atoms with Gasteiger partial charge >= 0.3 is 119 Å². The van der Waals surface area contributed by atoms with Crippen LogP contribution >= 0.6 is 0 Å². The number of hydrogen-bond acceptors (Lipinski definition) is 5. The molecule has 6 nitrogen and oxygen atoms in total. The van der Waals surface area contributed by atoms with Crippen molar-refractivity contribution in [3.63, 3.8) is 0 Å². The minimum atomic E-state index is -1.85. The average molecular weight is 923 g/mol. The summed E-state index contributed by atoms with van der Waals surface area (Å²) in [6.07, 6.45) is 7.08. The van der Waals surface area contributed by atoms with E-state index in [-0.39, 0.29) is 20.1 Å². The van der Waals surface area contributed by atoms with Crippen LogP contribution < -0.4 is 4.40 Å². The Labute approximate surface area is 322 Å². The summed E-state index contributed by atoms with van der Waals surface area (Å²) in [7, 11) is 0. The largest absolute Gasteiger partial charge is 0.486 e. The third-order valence-corrected chi connectivity index (χ3v) is 13.6. The van der Waals surface area contributed by atoms with Crippen molar-refractivity contribution in [1.82, 2.24) is 24.5 Å². The summed E-state index contributed by atoms with van der Waals surface area (Å²) in [6, 6.07) is 30.2. The number of furan rings is 1. The summed E-state index contributed by atoms with van der Waals surface area (Å²) in [5, 5.41) is 1.86. The zero-order valence-corrected chi connectivity index (χ0v) is 35.7. The van der Waals surface area contributed by atoms with Crippen LogP contribution in [0.15, 0.2) is 95.7 Å². The van der Waals surface area contributed by atoms with Gasteiger partial charge in [-0.3, -0.25) is 4.98 Å². The summed E-state index contributed by atoms with van der Waals surface area (Å²) in [5.74, 6) is 8.59. The molecule has 0 N–H and O–H groups in total. The molecule has 5 heterocycles. The maximum Gasteiger partial charge on any atom is 0.216 e. The Morgan fingerprint density at radius 2 is 1.54 bits per heavy atom. The molecule has 5 aromatic heterocycles. The third-order valence-electron chi connectivity index (χ3n) is 9.32. The van der Waals surface area contributed by atoms with Gasteiger partial charge in [-0.2, -0.15) is 0 Å². The Kier molecular flexibility index (Phi) is 10.7. The van der Waals surface area contributed by atoms with E-state index in [9.17, 15) is 0 Å². The molecule has 0 saturated heterocycles. The van der Waals surface area contributed by atoms with Gasteiger partial charge in [0.15, 0.2) is 0 Å². The molecule has 0 unspecified atom stereocenters. The second kappa shape index (κ2) is 14.9. The average Bonchev–Trinajstić information content (AvgIpc) is 3.66. The van der Waals surface area contributed by atoms with Crippen LogP contribution in [0, 0.1) is 40.0 Å². The quantitative estimate of drug-likeness (QED) is 0.127. The molecule has 8 heteroatoms. The Hall–Kier alpha value is -4.43. The van der Waals surface area contributed by atoms with Gasteiger partial charge in [0.2, 0.25) is 5.71 Å². The molecule has 8 aromatic rings. The van der Waals surface area contributed by atoms with Crippen LogP contribution in [-0.2, 0) is 20.1 Å². The second-order valence-electron chi connectivity index (χ2n) is 14.7. The molecule has 8 rings (SSSR count). The summed E-state index contributed by atoms with van der Waals surface area (Å²) < 4.78 is 9.98. The van der Waals surface area contributed by atoms with Crippen molar-refractivity contribution in [1.29, 1.82) is 0 Å². The summed E-state index contributed by atoms with van der Waals surface area (Å²) in [4.78, 5) is 18.7. The number of aryl methyl sites for hydroxylation is 4. The van der Waals surface area contributed by atoms with Crippen molar-refractivity contribution in [2.24, 2.45) is 0 Å². The van der Waals surface area contributed by atoms with E-state index < -0.39 is 13.3 Å². The first-order valence-electron chi connectivity index (χ1n) is 17.5. The predicted molar refractivity (Wildman–Crippen MR) is 213 cm³/mol. The van der Waals surface area contributed by atoms with Crippen LogP contribution in [0.5, 0.6) is 0 Å². The zero-order valence-electron chi connectivity index (χ0n) is 31.2. The minimum absolute atomic E-state index is 0. The van der Waals surface area contributed by atoms with Gasteiger partial charge in [0, 0.05) is 36.9 Å². The van der Waals surface area contributed by atoms with E-state index in [1.807, 2.05) is 55.5 Å². The molecule has 265 valence electrons. The Bertz CT molecular complexity index is 2520. The van der Waals surface area contributed by atoms with Gasteiger partial charge in [-0.1, -0.05) is 29.8 Å². The molecule has 0 aliphatic rings. The number of hydrogen-bond donors (Lipinski definition) is 0. The molecule has 3 aromatic carbocycles. The molecular formula is C44H43GeIrN5O-2. The minimum Gasteiger partial charge on any atom is -0.486 e. The van der Waals surface area contributed by atoms with E-state index in [2.05, 4.69) is 120 Å². The fourth-order valence-corrected chi connectivity index (χ4v) is 10.5. The van der Waals surface area contributed by atoms with Crippen molar-refractivity contribution in [3.8, 4) is 28.3 Å². The number of fused-ring (bicyclic) bond motifs is 4. The van der Waals surface area contributed by atoms with Gasteiger partial charge in [0.1, 0.15) is 0 Å². The summed E-state index contributed by atoms with van der Waals surface area (Å²) >= 11 is -1.85. The van der Waals surface area contributed by atoms with Gasteiger partial charge in [-0.25, -0.2) is 4.98 Å². The fraction of sp³-hybridized carbons (Fsp3) is 0.227. The maximum absolute atomic E-state index is 6.25. The maximum atomic E-state index is 6.25. The standard InChI is InChI=1S/C27H21N4O.C17H22GeN.Ir/c1-15-11-16(2)24(17(3)12-15)31-23-8-6-5-7-22(23)30-26(31)21-14-28-13-20-19-10-9-18(4)29-27(19)32-25(20)21;1-13(2)15-11-17(14-9-7-6-8-10-14)19-12-16(15)18(3,4)5;/h5-13H,1-4H3;6-9,11-13H,1-5H3;/q2*-1;.